The van der Waals surface area contributed by atoms with E-state index in [9.17, 15) is 14.7 Å². The zero-order valence-electron chi connectivity index (χ0n) is 10.3. The van der Waals surface area contributed by atoms with Gasteiger partial charge in [-0.3, -0.25) is 9.59 Å². The molecule has 0 aromatic carbocycles. The highest BCUT2D eigenvalue weighted by Gasteiger charge is 2.27. The van der Waals surface area contributed by atoms with Crippen LogP contribution in [-0.2, 0) is 14.3 Å². The molecule has 5 nitrogen and oxygen atoms in total. The number of primary amides is 1. The maximum Gasteiger partial charge on any atom is 0.306 e. The molecule has 0 radical (unpaired) electrons. The van der Waals surface area contributed by atoms with E-state index < -0.39 is 29.5 Å². The smallest absolute Gasteiger partial charge is 0.306 e. The Bertz CT molecular complexity index is 257. The van der Waals surface area contributed by atoms with Crippen LogP contribution < -0.4 is 5.73 Å². The van der Waals surface area contributed by atoms with Crippen molar-refractivity contribution >= 4 is 11.9 Å². The second kappa shape index (κ2) is 5.84. The van der Waals surface area contributed by atoms with E-state index in [0.29, 0.717) is 6.42 Å². The van der Waals surface area contributed by atoms with Crippen molar-refractivity contribution in [3.63, 3.8) is 0 Å². The number of carbonyl (C=O) groups excluding carboxylic acids is 2. The van der Waals surface area contributed by atoms with Gasteiger partial charge < -0.3 is 15.6 Å². The largest absolute Gasteiger partial charge is 0.460 e. The van der Waals surface area contributed by atoms with Crippen molar-refractivity contribution in [2.24, 2.45) is 11.7 Å². The minimum absolute atomic E-state index is 0.00211. The average Bonchev–Trinajstić information content (AvgIpc) is 2.09. The lowest BCUT2D eigenvalue weighted by Gasteiger charge is -2.23. The first-order chi connectivity index (χ1) is 7.17. The standard InChI is InChI=1S/C11H21NO4/c1-5-7(9(14)10(12)15)6-8(13)16-11(2,3)4/h7,9,14H,5-6H2,1-4H3,(H2,12,15). The first-order valence-electron chi connectivity index (χ1n) is 5.36. The summed E-state index contributed by atoms with van der Waals surface area (Å²) in [5, 5.41) is 9.45. The van der Waals surface area contributed by atoms with Crippen molar-refractivity contribution in [2.75, 3.05) is 0 Å². The molecule has 1 amide bonds. The molecule has 0 fully saturated rings. The molecule has 0 heterocycles. The quantitative estimate of drug-likeness (QED) is 0.678. The third kappa shape index (κ3) is 5.70. The Kier molecular flexibility index (Phi) is 5.44. The van der Waals surface area contributed by atoms with Crippen molar-refractivity contribution < 1.29 is 19.4 Å². The van der Waals surface area contributed by atoms with Gasteiger partial charge in [0.05, 0.1) is 6.42 Å². The highest BCUT2D eigenvalue weighted by Crippen LogP contribution is 2.17. The van der Waals surface area contributed by atoms with Crippen molar-refractivity contribution in [3.05, 3.63) is 0 Å². The Balaban J connectivity index is 4.33. The number of carbonyl (C=O) groups is 2. The highest BCUT2D eigenvalue weighted by molar-refractivity contribution is 5.80. The fourth-order valence-corrected chi connectivity index (χ4v) is 1.31. The van der Waals surface area contributed by atoms with Gasteiger partial charge in [-0.2, -0.15) is 0 Å². The van der Waals surface area contributed by atoms with Crippen molar-refractivity contribution in [1.29, 1.82) is 0 Å². The summed E-state index contributed by atoms with van der Waals surface area (Å²) in [6, 6.07) is 0. The number of aliphatic hydroxyl groups is 1. The van der Waals surface area contributed by atoms with Crippen LogP contribution in [0.15, 0.2) is 0 Å². The summed E-state index contributed by atoms with van der Waals surface area (Å²) in [4.78, 5) is 22.3. The number of esters is 1. The topological polar surface area (TPSA) is 89.6 Å². The van der Waals surface area contributed by atoms with Crippen LogP contribution in [0.4, 0.5) is 0 Å². The van der Waals surface area contributed by atoms with Gasteiger partial charge in [0.25, 0.3) is 0 Å². The highest BCUT2D eigenvalue weighted by atomic mass is 16.6. The van der Waals surface area contributed by atoms with Gasteiger partial charge in [0, 0.05) is 5.92 Å². The van der Waals surface area contributed by atoms with Gasteiger partial charge >= 0.3 is 5.97 Å². The summed E-state index contributed by atoms with van der Waals surface area (Å²) >= 11 is 0. The van der Waals surface area contributed by atoms with Crippen LogP contribution in [0.25, 0.3) is 0 Å². The van der Waals surface area contributed by atoms with Gasteiger partial charge in [-0.25, -0.2) is 0 Å². The molecular weight excluding hydrogens is 210 g/mol. The Morgan fingerprint density at radius 1 is 1.38 bits per heavy atom. The molecule has 0 saturated heterocycles. The Labute approximate surface area is 96.0 Å². The summed E-state index contributed by atoms with van der Waals surface area (Å²) in [5.74, 6) is -1.72. The third-order valence-electron chi connectivity index (χ3n) is 2.11. The number of rotatable bonds is 5. The van der Waals surface area contributed by atoms with Crippen molar-refractivity contribution in [1.82, 2.24) is 0 Å². The predicted molar refractivity (Wildman–Crippen MR) is 59.4 cm³/mol. The van der Waals surface area contributed by atoms with Crippen molar-refractivity contribution in [3.8, 4) is 0 Å². The summed E-state index contributed by atoms with van der Waals surface area (Å²) in [6.07, 6.45) is -0.807. The second-order valence-electron chi connectivity index (χ2n) is 4.81. The molecule has 0 aliphatic carbocycles. The van der Waals surface area contributed by atoms with Gasteiger partial charge in [0.1, 0.15) is 11.7 Å². The maximum atomic E-state index is 11.5. The number of amides is 1. The number of nitrogens with two attached hydrogens (primary N) is 1. The van der Waals surface area contributed by atoms with Crippen LogP contribution in [0.1, 0.15) is 40.5 Å². The number of hydrogen-bond donors (Lipinski definition) is 2. The predicted octanol–water partition coefficient (Wildman–Crippen LogP) is 0.591. The summed E-state index contributed by atoms with van der Waals surface area (Å²) in [7, 11) is 0. The van der Waals surface area contributed by atoms with Gasteiger partial charge in [-0.05, 0) is 27.2 Å². The normalized spacial score (nSPS) is 15.3. The Hall–Kier alpha value is -1.10. The SMILES string of the molecule is CCC(CC(=O)OC(C)(C)C)C(O)C(N)=O. The lowest BCUT2D eigenvalue weighted by molar-refractivity contribution is -0.157. The van der Waals surface area contributed by atoms with Crippen molar-refractivity contribution in [2.45, 2.75) is 52.2 Å². The fourth-order valence-electron chi connectivity index (χ4n) is 1.31. The van der Waals surface area contributed by atoms with E-state index in [0.717, 1.165) is 0 Å². The molecule has 0 aliphatic rings. The van der Waals surface area contributed by atoms with E-state index in [1.807, 2.05) is 0 Å². The zero-order chi connectivity index (χ0) is 12.9. The van der Waals surface area contributed by atoms with E-state index >= 15 is 0 Å². The monoisotopic (exact) mass is 231 g/mol. The summed E-state index contributed by atoms with van der Waals surface area (Å²) in [5.41, 5.74) is 4.41. The number of aliphatic hydroxyl groups excluding tert-OH is 1. The van der Waals surface area contributed by atoms with Gasteiger partial charge in [-0.15, -0.1) is 0 Å². The maximum absolute atomic E-state index is 11.5. The van der Waals surface area contributed by atoms with Crippen LogP contribution in [0.5, 0.6) is 0 Å². The van der Waals surface area contributed by atoms with Gasteiger partial charge in [-0.1, -0.05) is 6.92 Å². The molecule has 2 atom stereocenters. The molecule has 16 heavy (non-hydrogen) atoms. The lowest BCUT2D eigenvalue weighted by atomic mass is 9.95. The van der Waals surface area contributed by atoms with Crippen LogP contribution in [0.2, 0.25) is 0 Å². The van der Waals surface area contributed by atoms with E-state index in [-0.39, 0.29) is 6.42 Å². The first kappa shape index (κ1) is 14.9. The molecule has 0 bridgehead atoms. The second-order valence-corrected chi connectivity index (χ2v) is 4.81. The first-order valence-corrected chi connectivity index (χ1v) is 5.36. The lowest BCUT2D eigenvalue weighted by Crippen LogP contribution is -2.37. The fraction of sp³-hybridized carbons (Fsp3) is 0.818. The van der Waals surface area contributed by atoms with Crippen LogP contribution in [0.3, 0.4) is 0 Å². The molecule has 0 aromatic heterocycles. The minimum atomic E-state index is -1.29. The van der Waals surface area contributed by atoms with E-state index in [1.54, 1.807) is 27.7 Å². The van der Waals surface area contributed by atoms with Crippen LogP contribution >= 0.6 is 0 Å². The molecule has 0 saturated carbocycles. The van der Waals surface area contributed by atoms with Crippen LogP contribution in [0, 0.1) is 5.92 Å². The molecule has 94 valence electrons. The summed E-state index contributed by atoms with van der Waals surface area (Å²) < 4.78 is 5.10. The molecule has 0 aliphatic heterocycles. The zero-order valence-corrected chi connectivity index (χ0v) is 10.3. The Morgan fingerprint density at radius 3 is 2.19 bits per heavy atom. The average molecular weight is 231 g/mol. The Morgan fingerprint density at radius 2 is 1.88 bits per heavy atom. The molecule has 5 heteroatoms. The number of hydrogen-bond acceptors (Lipinski definition) is 4. The van der Waals surface area contributed by atoms with E-state index in [4.69, 9.17) is 10.5 Å². The molecule has 0 spiro atoms. The minimum Gasteiger partial charge on any atom is -0.460 e. The van der Waals surface area contributed by atoms with Gasteiger partial charge in [0.2, 0.25) is 5.91 Å². The molecule has 0 aromatic rings. The van der Waals surface area contributed by atoms with E-state index in [2.05, 4.69) is 0 Å². The molecule has 0 rings (SSSR count). The third-order valence-corrected chi connectivity index (χ3v) is 2.11. The molecular formula is C11H21NO4. The van der Waals surface area contributed by atoms with E-state index in [1.165, 1.54) is 0 Å². The van der Waals surface area contributed by atoms with Crippen LogP contribution in [-0.4, -0.2) is 28.7 Å². The van der Waals surface area contributed by atoms with Gasteiger partial charge in [0.15, 0.2) is 0 Å². The molecule has 2 unspecified atom stereocenters. The number of ether oxygens (including phenoxy) is 1. The molecule has 3 N–H and O–H groups in total. The summed E-state index contributed by atoms with van der Waals surface area (Å²) in [6.45, 7) is 7.06.